The molecule has 0 atom stereocenters. The standard InChI is InChI=1S/C9H12N4S/c1-3-6-13-8(4-2)11-12-9(13)14-7-5-10/h3H,1,4,6-7H2,2H3. The van der Waals surface area contributed by atoms with Gasteiger partial charge in [-0.2, -0.15) is 5.26 Å². The number of aromatic nitrogens is 3. The molecule has 0 saturated carbocycles. The maximum absolute atomic E-state index is 8.46. The van der Waals surface area contributed by atoms with E-state index in [4.69, 9.17) is 5.26 Å². The van der Waals surface area contributed by atoms with E-state index >= 15 is 0 Å². The van der Waals surface area contributed by atoms with Crippen molar-refractivity contribution in [3.8, 4) is 6.07 Å². The third-order valence-electron chi connectivity index (χ3n) is 1.69. The molecule has 0 aromatic carbocycles. The zero-order valence-electron chi connectivity index (χ0n) is 8.10. The van der Waals surface area contributed by atoms with Gasteiger partial charge < -0.3 is 4.57 Å². The summed E-state index contributed by atoms with van der Waals surface area (Å²) in [4.78, 5) is 0. The molecule has 14 heavy (non-hydrogen) atoms. The van der Waals surface area contributed by atoms with Gasteiger partial charge >= 0.3 is 0 Å². The van der Waals surface area contributed by atoms with Gasteiger partial charge in [-0.3, -0.25) is 0 Å². The van der Waals surface area contributed by atoms with Gasteiger partial charge in [-0.05, 0) is 0 Å². The van der Waals surface area contributed by atoms with Crippen LogP contribution in [0, 0.1) is 11.3 Å². The summed E-state index contributed by atoms with van der Waals surface area (Å²) < 4.78 is 1.98. The number of hydrogen-bond donors (Lipinski definition) is 0. The molecular weight excluding hydrogens is 196 g/mol. The van der Waals surface area contributed by atoms with Crippen LogP contribution >= 0.6 is 11.8 Å². The Balaban J connectivity index is 2.86. The Morgan fingerprint density at radius 3 is 3.00 bits per heavy atom. The second kappa shape index (κ2) is 5.45. The lowest BCUT2D eigenvalue weighted by Crippen LogP contribution is -2.02. The number of allylic oxidation sites excluding steroid dienone is 1. The van der Waals surface area contributed by atoms with Gasteiger partial charge in [0.25, 0.3) is 0 Å². The van der Waals surface area contributed by atoms with E-state index in [-0.39, 0.29) is 0 Å². The van der Waals surface area contributed by atoms with Gasteiger partial charge in [0.1, 0.15) is 5.82 Å². The predicted molar refractivity (Wildman–Crippen MR) is 55.9 cm³/mol. The normalized spacial score (nSPS) is 9.71. The molecule has 74 valence electrons. The number of aryl methyl sites for hydroxylation is 1. The summed E-state index contributed by atoms with van der Waals surface area (Å²) in [7, 11) is 0. The molecule has 0 unspecified atom stereocenters. The van der Waals surface area contributed by atoms with E-state index in [0.29, 0.717) is 12.3 Å². The van der Waals surface area contributed by atoms with Gasteiger partial charge in [0.15, 0.2) is 5.16 Å². The van der Waals surface area contributed by atoms with E-state index in [1.54, 1.807) is 6.08 Å². The maximum atomic E-state index is 8.46. The summed E-state index contributed by atoms with van der Waals surface area (Å²) in [6, 6.07) is 2.07. The summed E-state index contributed by atoms with van der Waals surface area (Å²) in [6.07, 6.45) is 2.65. The van der Waals surface area contributed by atoms with Gasteiger partial charge in [0.2, 0.25) is 0 Å². The van der Waals surface area contributed by atoms with Crippen LogP contribution in [0.4, 0.5) is 0 Å². The molecular formula is C9H12N4S. The molecule has 1 aromatic heterocycles. The van der Waals surface area contributed by atoms with Gasteiger partial charge in [0.05, 0.1) is 11.8 Å². The van der Waals surface area contributed by atoms with E-state index in [0.717, 1.165) is 17.4 Å². The Bertz CT molecular complexity index is 350. The number of thioether (sulfide) groups is 1. The van der Waals surface area contributed by atoms with Crippen molar-refractivity contribution >= 4 is 11.8 Å². The molecule has 0 bridgehead atoms. The number of nitrogens with zero attached hydrogens (tertiary/aromatic N) is 4. The number of nitriles is 1. The fraction of sp³-hybridized carbons (Fsp3) is 0.444. The van der Waals surface area contributed by atoms with Crippen LogP contribution in [0.3, 0.4) is 0 Å². The molecule has 0 saturated heterocycles. The molecule has 0 radical (unpaired) electrons. The van der Waals surface area contributed by atoms with E-state index < -0.39 is 0 Å². The van der Waals surface area contributed by atoms with Crippen LogP contribution in [-0.2, 0) is 13.0 Å². The Morgan fingerprint density at radius 2 is 2.43 bits per heavy atom. The first-order valence-corrected chi connectivity index (χ1v) is 5.34. The molecule has 1 rings (SSSR count). The fourth-order valence-corrected chi connectivity index (χ4v) is 1.72. The minimum absolute atomic E-state index is 0.402. The van der Waals surface area contributed by atoms with Gasteiger partial charge in [-0.15, -0.1) is 16.8 Å². The van der Waals surface area contributed by atoms with E-state index in [2.05, 4.69) is 22.8 Å². The lowest BCUT2D eigenvalue weighted by molar-refractivity contribution is 0.686. The molecule has 0 N–H and O–H groups in total. The van der Waals surface area contributed by atoms with Crippen molar-refractivity contribution in [2.75, 3.05) is 5.75 Å². The molecule has 0 aliphatic carbocycles. The van der Waals surface area contributed by atoms with Crippen LogP contribution in [0.15, 0.2) is 17.8 Å². The van der Waals surface area contributed by atoms with Crippen LogP contribution in [0.5, 0.6) is 0 Å². The van der Waals surface area contributed by atoms with Gasteiger partial charge in [0, 0.05) is 13.0 Å². The van der Waals surface area contributed by atoms with E-state index in [1.165, 1.54) is 11.8 Å². The summed E-state index contributed by atoms with van der Waals surface area (Å²) >= 11 is 1.40. The van der Waals surface area contributed by atoms with Crippen molar-refractivity contribution in [3.05, 3.63) is 18.5 Å². The highest BCUT2D eigenvalue weighted by molar-refractivity contribution is 7.99. The highest BCUT2D eigenvalue weighted by Crippen LogP contribution is 2.16. The zero-order valence-corrected chi connectivity index (χ0v) is 8.92. The van der Waals surface area contributed by atoms with Crippen LogP contribution in [-0.4, -0.2) is 20.5 Å². The lowest BCUT2D eigenvalue weighted by atomic mass is 10.4. The van der Waals surface area contributed by atoms with Crippen LogP contribution in [0.1, 0.15) is 12.7 Å². The second-order valence-corrected chi connectivity index (χ2v) is 3.54. The second-order valence-electron chi connectivity index (χ2n) is 2.60. The van der Waals surface area contributed by atoms with Crippen molar-refractivity contribution in [2.24, 2.45) is 0 Å². The van der Waals surface area contributed by atoms with Crippen LogP contribution < -0.4 is 0 Å². The van der Waals surface area contributed by atoms with Crippen LogP contribution in [0.2, 0.25) is 0 Å². The summed E-state index contributed by atoms with van der Waals surface area (Å²) in [5.41, 5.74) is 0. The molecule has 0 fully saturated rings. The summed E-state index contributed by atoms with van der Waals surface area (Å²) in [5.74, 6) is 1.34. The molecule has 0 amide bonds. The number of rotatable bonds is 5. The van der Waals surface area contributed by atoms with E-state index in [9.17, 15) is 0 Å². The lowest BCUT2D eigenvalue weighted by Gasteiger charge is -2.03. The molecule has 0 aliphatic rings. The highest BCUT2D eigenvalue weighted by atomic mass is 32.2. The SMILES string of the molecule is C=CCn1c(CC)nnc1SCC#N. The summed E-state index contributed by atoms with van der Waals surface area (Å²) in [5, 5.41) is 17.3. The van der Waals surface area contributed by atoms with Gasteiger partial charge in [-0.1, -0.05) is 24.8 Å². The first-order valence-electron chi connectivity index (χ1n) is 4.36. The first-order chi connectivity index (χ1) is 6.83. The topological polar surface area (TPSA) is 54.5 Å². The minimum atomic E-state index is 0.402. The Kier molecular flexibility index (Phi) is 4.20. The minimum Gasteiger partial charge on any atom is -0.302 e. The van der Waals surface area contributed by atoms with Crippen molar-refractivity contribution in [1.29, 1.82) is 5.26 Å². The molecule has 0 aliphatic heterocycles. The van der Waals surface area contributed by atoms with Crippen molar-refractivity contribution in [1.82, 2.24) is 14.8 Å². The number of hydrogen-bond acceptors (Lipinski definition) is 4. The van der Waals surface area contributed by atoms with Gasteiger partial charge in [-0.25, -0.2) is 0 Å². The van der Waals surface area contributed by atoms with Crippen molar-refractivity contribution in [2.45, 2.75) is 25.0 Å². The summed E-state index contributed by atoms with van der Waals surface area (Å²) in [6.45, 7) is 6.41. The molecule has 1 aromatic rings. The third kappa shape index (κ3) is 2.36. The Morgan fingerprint density at radius 1 is 1.64 bits per heavy atom. The molecule has 1 heterocycles. The van der Waals surface area contributed by atoms with Crippen molar-refractivity contribution in [3.63, 3.8) is 0 Å². The maximum Gasteiger partial charge on any atom is 0.192 e. The highest BCUT2D eigenvalue weighted by Gasteiger charge is 2.08. The van der Waals surface area contributed by atoms with Crippen LogP contribution in [0.25, 0.3) is 0 Å². The molecule has 5 heteroatoms. The quantitative estimate of drug-likeness (QED) is 0.545. The monoisotopic (exact) mass is 208 g/mol. The van der Waals surface area contributed by atoms with Crippen molar-refractivity contribution < 1.29 is 0 Å². The first kappa shape index (κ1) is 10.8. The Labute approximate surface area is 87.6 Å². The fourth-order valence-electron chi connectivity index (χ4n) is 1.10. The zero-order chi connectivity index (χ0) is 10.4. The average Bonchev–Trinajstić information content (AvgIpc) is 2.58. The average molecular weight is 208 g/mol. The largest absolute Gasteiger partial charge is 0.302 e. The third-order valence-corrected chi connectivity index (χ3v) is 2.52. The predicted octanol–water partition coefficient (Wildman–Crippen LogP) is 1.64. The Hall–Kier alpha value is -1.28. The molecule has 0 spiro atoms. The smallest absolute Gasteiger partial charge is 0.192 e. The molecule has 4 nitrogen and oxygen atoms in total. The van der Waals surface area contributed by atoms with E-state index in [1.807, 2.05) is 11.5 Å².